The summed E-state index contributed by atoms with van der Waals surface area (Å²) in [6, 6.07) is 0. The van der Waals surface area contributed by atoms with Crippen LogP contribution in [0.3, 0.4) is 0 Å². The van der Waals surface area contributed by atoms with E-state index in [9.17, 15) is 4.79 Å². The second-order valence-electron chi connectivity index (χ2n) is 7.20. The summed E-state index contributed by atoms with van der Waals surface area (Å²) in [6.07, 6.45) is 12.5. The highest BCUT2D eigenvalue weighted by Gasteiger charge is 2.27. The zero-order chi connectivity index (χ0) is 15.6. The maximum Gasteiger partial charge on any atom is 0.222 e. The standard InChI is InChI=1S/C18H36N2O/c1-4-5-6-7-8-9-10-11-12-13-17(21)20-15-14-19-18(2,3)16-20/h19H,4-16H2,1-3H3. The first-order valence-corrected chi connectivity index (χ1v) is 9.08. The quantitative estimate of drug-likeness (QED) is 0.615. The first-order valence-electron chi connectivity index (χ1n) is 9.08. The Kier molecular flexibility index (Phi) is 8.98. The number of carbonyl (C=O) groups is 1. The summed E-state index contributed by atoms with van der Waals surface area (Å²) < 4.78 is 0. The number of rotatable bonds is 10. The highest BCUT2D eigenvalue weighted by atomic mass is 16.2. The van der Waals surface area contributed by atoms with E-state index in [1.165, 1.54) is 51.4 Å². The van der Waals surface area contributed by atoms with E-state index in [4.69, 9.17) is 0 Å². The van der Waals surface area contributed by atoms with E-state index in [1.807, 2.05) is 4.90 Å². The number of hydrogen-bond acceptors (Lipinski definition) is 2. The molecule has 0 saturated carbocycles. The van der Waals surface area contributed by atoms with Crippen molar-refractivity contribution in [3.63, 3.8) is 0 Å². The summed E-state index contributed by atoms with van der Waals surface area (Å²) in [5.74, 6) is 0.354. The lowest BCUT2D eigenvalue weighted by Crippen LogP contribution is -2.58. The van der Waals surface area contributed by atoms with Crippen LogP contribution in [0.4, 0.5) is 0 Å². The Balaban J connectivity index is 1.98. The van der Waals surface area contributed by atoms with Crippen LogP contribution in [0.2, 0.25) is 0 Å². The third kappa shape index (κ3) is 8.45. The molecule has 1 aliphatic heterocycles. The molecule has 0 aromatic rings. The summed E-state index contributed by atoms with van der Waals surface area (Å²) in [4.78, 5) is 14.2. The molecule has 0 bridgehead atoms. The molecule has 1 amide bonds. The maximum absolute atomic E-state index is 12.2. The van der Waals surface area contributed by atoms with Crippen molar-refractivity contribution in [2.45, 2.75) is 90.5 Å². The van der Waals surface area contributed by atoms with Crippen LogP contribution < -0.4 is 5.32 Å². The van der Waals surface area contributed by atoms with E-state index in [-0.39, 0.29) is 5.54 Å². The predicted molar refractivity (Wildman–Crippen MR) is 90.5 cm³/mol. The van der Waals surface area contributed by atoms with Crippen molar-refractivity contribution in [1.82, 2.24) is 10.2 Å². The van der Waals surface area contributed by atoms with E-state index in [0.29, 0.717) is 5.91 Å². The van der Waals surface area contributed by atoms with Crippen LogP contribution in [-0.4, -0.2) is 36.0 Å². The minimum atomic E-state index is 0.0758. The molecule has 1 rings (SSSR count). The first-order chi connectivity index (χ1) is 10.0. The SMILES string of the molecule is CCCCCCCCCCCC(=O)N1CCNC(C)(C)C1. The molecule has 1 heterocycles. The largest absolute Gasteiger partial charge is 0.340 e. The maximum atomic E-state index is 12.2. The molecule has 0 aromatic heterocycles. The molecular formula is C18H36N2O. The van der Waals surface area contributed by atoms with Crippen LogP contribution in [0.15, 0.2) is 0 Å². The first kappa shape index (κ1) is 18.5. The summed E-state index contributed by atoms with van der Waals surface area (Å²) in [6.45, 7) is 9.26. The molecule has 1 saturated heterocycles. The lowest BCUT2D eigenvalue weighted by molar-refractivity contribution is -0.133. The number of amides is 1. The molecule has 1 aliphatic rings. The molecular weight excluding hydrogens is 260 g/mol. The predicted octanol–water partition coefficient (Wildman–Crippen LogP) is 4.12. The zero-order valence-electron chi connectivity index (χ0n) is 14.5. The lowest BCUT2D eigenvalue weighted by Gasteiger charge is -2.39. The van der Waals surface area contributed by atoms with Crippen LogP contribution in [0.5, 0.6) is 0 Å². The molecule has 1 fully saturated rings. The topological polar surface area (TPSA) is 32.3 Å². The minimum Gasteiger partial charge on any atom is -0.340 e. The molecule has 3 nitrogen and oxygen atoms in total. The average Bonchev–Trinajstić information content (AvgIpc) is 2.44. The van der Waals surface area contributed by atoms with Crippen LogP contribution in [0, 0.1) is 0 Å². The number of nitrogens with one attached hydrogen (secondary N) is 1. The van der Waals surface area contributed by atoms with Gasteiger partial charge in [-0.25, -0.2) is 0 Å². The van der Waals surface area contributed by atoms with Gasteiger partial charge in [0.25, 0.3) is 0 Å². The number of carbonyl (C=O) groups excluding carboxylic acids is 1. The van der Waals surface area contributed by atoms with Gasteiger partial charge < -0.3 is 10.2 Å². The summed E-state index contributed by atoms with van der Waals surface area (Å²) in [5.41, 5.74) is 0.0758. The van der Waals surface area contributed by atoms with Gasteiger partial charge in [-0.2, -0.15) is 0 Å². The van der Waals surface area contributed by atoms with E-state index in [1.54, 1.807) is 0 Å². The average molecular weight is 296 g/mol. The smallest absolute Gasteiger partial charge is 0.222 e. The summed E-state index contributed by atoms with van der Waals surface area (Å²) in [5, 5.41) is 3.45. The molecule has 0 atom stereocenters. The van der Waals surface area contributed by atoms with Crippen molar-refractivity contribution in [2.24, 2.45) is 0 Å². The van der Waals surface area contributed by atoms with Gasteiger partial charge >= 0.3 is 0 Å². The Morgan fingerprint density at radius 1 is 1.00 bits per heavy atom. The number of unbranched alkanes of at least 4 members (excludes halogenated alkanes) is 8. The van der Waals surface area contributed by atoms with Crippen LogP contribution >= 0.6 is 0 Å². The number of piperazine rings is 1. The fourth-order valence-corrected chi connectivity index (χ4v) is 3.10. The Bertz CT molecular complexity index is 289. The zero-order valence-corrected chi connectivity index (χ0v) is 14.5. The monoisotopic (exact) mass is 296 g/mol. The van der Waals surface area contributed by atoms with Gasteiger partial charge in [0.15, 0.2) is 0 Å². The van der Waals surface area contributed by atoms with E-state index < -0.39 is 0 Å². The van der Waals surface area contributed by atoms with Gasteiger partial charge in [0.2, 0.25) is 5.91 Å². The second kappa shape index (κ2) is 10.2. The van der Waals surface area contributed by atoms with Crippen LogP contribution in [-0.2, 0) is 4.79 Å². The van der Waals surface area contributed by atoms with Crippen molar-refractivity contribution in [2.75, 3.05) is 19.6 Å². The van der Waals surface area contributed by atoms with Gasteiger partial charge in [-0.05, 0) is 20.3 Å². The summed E-state index contributed by atoms with van der Waals surface area (Å²) in [7, 11) is 0. The van der Waals surface area contributed by atoms with Gasteiger partial charge in [-0.15, -0.1) is 0 Å². The van der Waals surface area contributed by atoms with Crippen molar-refractivity contribution in [3.05, 3.63) is 0 Å². The van der Waals surface area contributed by atoms with Gasteiger partial charge in [-0.3, -0.25) is 4.79 Å². The lowest BCUT2D eigenvalue weighted by atomic mass is 10.0. The van der Waals surface area contributed by atoms with Gasteiger partial charge in [-0.1, -0.05) is 58.3 Å². The van der Waals surface area contributed by atoms with Crippen LogP contribution in [0.1, 0.15) is 85.0 Å². The molecule has 0 aliphatic carbocycles. The molecule has 3 heteroatoms. The number of nitrogens with zero attached hydrogens (tertiary/aromatic N) is 1. The number of hydrogen-bond donors (Lipinski definition) is 1. The van der Waals surface area contributed by atoms with Crippen molar-refractivity contribution in [1.29, 1.82) is 0 Å². The molecule has 0 spiro atoms. The van der Waals surface area contributed by atoms with Crippen LogP contribution in [0.25, 0.3) is 0 Å². The molecule has 0 aromatic carbocycles. The van der Waals surface area contributed by atoms with Crippen molar-refractivity contribution >= 4 is 5.91 Å². The minimum absolute atomic E-state index is 0.0758. The molecule has 0 radical (unpaired) electrons. The Labute approximate surface area is 131 Å². The molecule has 1 N–H and O–H groups in total. The third-order valence-electron chi connectivity index (χ3n) is 4.42. The molecule has 0 unspecified atom stereocenters. The van der Waals surface area contributed by atoms with E-state index in [0.717, 1.165) is 32.5 Å². The van der Waals surface area contributed by atoms with Crippen molar-refractivity contribution < 1.29 is 4.79 Å². The molecule has 124 valence electrons. The van der Waals surface area contributed by atoms with Crippen molar-refractivity contribution in [3.8, 4) is 0 Å². The Morgan fingerprint density at radius 3 is 2.14 bits per heavy atom. The normalized spacial score (nSPS) is 18.0. The fraction of sp³-hybridized carbons (Fsp3) is 0.944. The third-order valence-corrected chi connectivity index (χ3v) is 4.42. The second-order valence-corrected chi connectivity index (χ2v) is 7.20. The Hall–Kier alpha value is -0.570. The molecule has 21 heavy (non-hydrogen) atoms. The Morgan fingerprint density at radius 2 is 1.57 bits per heavy atom. The van der Waals surface area contributed by atoms with Gasteiger partial charge in [0.1, 0.15) is 0 Å². The summed E-state index contributed by atoms with van der Waals surface area (Å²) >= 11 is 0. The van der Waals surface area contributed by atoms with E-state index >= 15 is 0 Å². The fourth-order valence-electron chi connectivity index (χ4n) is 3.10. The highest BCUT2D eigenvalue weighted by molar-refractivity contribution is 5.76. The van der Waals surface area contributed by atoms with Gasteiger partial charge in [0.05, 0.1) is 0 Å². The highest BCUT2D eigenvalue weighted by Crippen LogP contribution is 2.14. The van der Waals surface area contributed by atoms with Gasteiger partial charge in [0, 0.05) is 31.6 Å². The van der Waals surface area contributed by atoms with E-state index in [2.05, 4.69) is 26.1 Å².